The zero-order valence-electron chi connectivity index (χ0n) is 15.5. The highest BCUT2D eigenvalue weighted by Gasteiger charge is 2.13. The van der Waals surface area contributed by atoms with Crippen LogP contribution in [-0.4, -0.2) is 16.8 Å². The van der Waals surface area contributed by atoms with Crippen LogP contribution in [0.3, 0.4) is 0 Å². The van der Waals surface area contributed by atoms with Crippen LogP contribution in [0.15, 0.2) is 60.8 Å². The smallest absolute Gasteiger partial charge is 0.274 e. The maximum atomic E-state index is 12.5. The Morgan fingerprint density at radius 3 is 2.22 bits per heavy atom. The van der Waals surface area contributed by atoms with E-state index in [2.05, 4.69) is 15.6 Å². The van der Waals surface area contributed by atoms with Crippen molar-refractivity contribution >= 4 is 23.2 Å². The first-order valence-electron chi connectivity index (χ1n) is 8.65. The van der Waals surface area contributed by atoms with Gasteiger partial charge in [-0.2, -0.15) is 0 Å². The van der Waals surface area contributed by atoms with Crippen LogP contribution < -0.4 is 10.6 Å². The summed E-state index contributed by atoms with van der Waals surface area (Å²) in [5.74, 6) is -0.641. The van der Waals surface area contributed by atoms with Gasteiger partial charge in [-0.1, -0.05) is 24.3 Å². The lowest BCUT2D eigenvalue weighted by Crippen LogP contribution is -2.17. The molecular formula is C22H21N3O2. The number of anilines is 2. The van der Waals surface area contributed by atoms with E-state index >= 15 is 0 Å². The summed E-state index contributed by atoms with van der Waals surface area (Å²) in [6, 6.07) is 16.4. The number of carbonyl (C=O) groups excluding carboxylic acids is 2. The molecule has 3 rings (SSSR count). The molecule has 0 spiro atoms. The maximum absolute atomic E-state index is 12.5. The van der Waals surface area contributed by atoms with Crippen LogP contribution in [0.25, 0.3) is 0 Å². The van der Waals surface area contributed by atoms with Gasteiger partial charge >= 0.3 is 0 Å². The average Bonchev–Trinajstić information content (AvgIpc) is 2.63. The summed E-state index contributed by atoms with van der Waals surface area (Å²) in [4.78, 5) is 29.1. The summed E-state index contributed by atoms with van der Waals surface area (Å²) < 4.78 is 0. The van der Waals surface area contributed by atoms with Crippen molar-refractivity contribution in [1.29, 1.82) is 0 Å². The summed E-state index contributed by atoms with van der Waals surface area (Å²) in [6.07, 6.45) is 1.46. The predicted molar refractivity (Wildman–Crippen MR) is 107 cm³/mol. The van der Waals surface area contributed by atoms with Crippen LogP contribution in [0.2, 0.25) is 0 Å². The number of rotatable bonds is 4. The second-order valence-electron chi connectivity index (χ2n) is 6.53. The Hall–Kier alpha value is -3.47. The fourth-order valence-corrected chi connectivity index (χ4v) is 2.85. The highest BCUT2D eigenvalue weighted by Crippen LogP contribution is 2.17. The third-order valence-corrected chi connectivity index (χ3v) is 4.13. The normalized spacial score (nSPS) is 10.3. The van der Waals surface area contributed by atoms with E-state index in [1.807, 2.05) is 63.2 Å². The van der Waals surface area contributed by atoms with E-state index in [0.29, 0.717) is 11.3 Å². The van der Waals surface area contributed by atoms with Crippen molar-refractivity contribution in [3.8, 4) is 0 Å². The first kappa shape index (κ1) is 18.3. The Morgan fingerprint density at radius 1 is 0.815 bits per heavy atom. The van der Waals surface area contributed by atoms with Crippen molar-refractivity contribution in [1.82, 2.24) is 4.98 Å². The Balaban J connectivity index is 1.77. The molecule has 2 N–H and O–H groups in total. The number of para-hydroxylation sites is 1. The van der Waals surface area contributed by atoms with Crippen LogP contribution in [-0.2, 0) is 0 Å². The quantitative estimate of drug-likeness (QED) is 0.720. The number of hydrogen-bond donors (Lipinski definition) is 2. The van der Waals surface area contributed by atoms with Gasteiger partial charge in [0.2, 0.25) is 0 Å². The third kappa shape index (κ3) is 4.58. The topological polar surface area (TPSA) is 71.1 Å². The predicted octanol–water partition coefficient (Wildman–Crippen LogP) is 4.51. The molecule has 0 atom stereocenters. The van der Waals surface area contributed by atoms with Crippen LogP contribution in [0, 0.1) is 20.8 Å². The minimum atomic E-state index is -0.356. The molecule has 0 aliphatic heterocycles. The van der Waals surface area contributed by atoms with Crippen molar-refractivity contribution in [3.05, 3.63) is 88.7 Å². The average molecular weight is 359 g/mol. The van der Waals surface area contributed by atoms with E-state index in [0.717, 1.165) is 22.4 Å². The fraction of sp³-hybridized carbons (Fsp3) is 0.136. The molecule has 2 aromatic carbocycles. The zero-order chi connectivity index (χ0) is 19.4. The minimum Gasteiger partial charge on any atom is -0.322 e. The number of amides is 2. The Morgan fingerprint density at radius 2 is 1.52 bits per heavy atom. The monoisotopic (exact) mass is 359 g/mol. The standard InChI is InChI=1S/C22H21N3O2/c1-14-10-15(2)12-18(11-14)24-22(27)20-13-17(8-9-23-20)21(26)25-19-7-5-4-6-16(19)3/h4-13H,1-3H3,(H,24,27)(H,25,26). The number of benzene rings is 2. The van der Waals surface area contributed by atoms with E-state index in [1.165, 1.54) is 12.3 Å². The van der Waals surface area contributed by atoms with E-state index in [9.17, 15) is 9.59 Å². The molecule has 3 aromatic rings. The molecule has 0 saturated heterocycles. The Bertz CT molecular complexity index is 992. The van der Waals surface area contributed by atoms with E-state index < -0.39 is 0 Å². The Labute approximate surface area is 158 Å². The van der Waals surface area contributed by atoms with Crippen molar-refractivity contribution in [3.63, 3.8) is 0 Å². The summed E-state index contributed by atoms with van der Waals surface area (Å²) >= 11 is 0. The van der Waals surface area contributed by atoms with Gasteiger partial charge in [0.25, 0.3) is 11.8 Å². The van der Waals surface area contributed by atoms with Crippen LogP contribution in [0.5, 0.6) is 0 Å². The summed E-state index contributed by atoms with van der Waals surface area (Å²) in [5, 5.41) is 5.69. The number of hydrogen-bond acceptors (Lipinski definition) is 3. The SMILES string of the molecule is Cc1cc(C)cc(NC(=O)c2cc(C(=O)Nc3ccccc3C)ccn2)c1. The molecule has 0 aliphatic rings. The molecule has 0 aliphatic carbocycles. The summed E-state index contributed by atoms with van der Waals surface area (Å²) in [7, 11) is 0. The molecule has 0 radical (unpaired) electrons. The number of carbonyl (C=O) groups is 2. The molecule has 0 fully saturated rings. The molecule has 1 aromatic heterocycles. The van der Waals surface area contributed by atoms with Gasteiger partial charge in [-0.15, -0.1) is 0 Å². The largest absolute Gasteiger partial charge is 0.322 e. The van der Waals surface area contributed by atoms with Crippen molar-refractivity contribution in [2.45, 2.75) is 20.8 Å². The van der Waals surface area contributed by atoms with Gasteiger partial charge in [0.1, 0.15) is 5.69 Å². The highest BCUT2D eigenvalue weighted by atomic mass is 16.2. The van der Waals surface area contributed by atoms with E-state index in [4.69, 9.17) is 0 Å². The summed E-state index contributed by atoms with van der Waals surface area (Å²) in [5.41, 5.74) is 5.09. The van der Waals surface area contributed by atoms with Crippen LogP contribution in [0.1, 0.15) is 37.5 Å². The second-order valence-corrected chi connectivity index (χ2v) is 6.53. The molecule has 27 heavy (non-hydrogen) atoms. The molecule has 5 heteroatoms. The molecule has 0 bridgehead atoms. The van der Waals surface area contributed by atoms with E-state index in [-0.39, 0.29) is 17.5 Å². The molecule has 0 saturated carbocycles. The van der Waals surface area contributed by atoms with Gasteiger partial charge in [-0.25, -0.2) is 0 Å². The first-order valence-corrected chi connectivity index (χ1v) is 8.65. The van der Waals surface area contributed by atoms with Gasteiger partial charge in [0, 0.05) is 23.1 Å². The number of pyridine rings is 1. The fourth-order valence-electron chi connectivity index (χ4n) is 2.85. The van der Waals surface area contributed by atoms with Crippen molar-refractivity contribution in [2.75, 3.05) is 10.6 Å². The van der Waals surface area contributed by atoms with Gasteiger partial charge in [0.15, 0.2) is 0 Å². The van der Waals surface area contributed by atoms with Gasteiger partial charge in [-0.3, -0.25) is 14.6 Å². The minimum absolute atomic E-state index is 0.187. The highest BCUT2D eigenvalue weighted by molar-refractivity contribution is 6.08. The number of aryl methyl sites for hydroxylation is 3. The van der Waals surface area contributed by atoms with Crippen molar-refractivity contribution < 1.29 is 9.59 Å². The number of nitrogens with zero attached hydrogens (tertiary/aromatic N) is 1. The zero-order valence-corrected chi connectivity index (χ0v) is 15.5. The number of nitrogens with one attached hydrogen (secondary N) is 2. The molecule has 0 unspecified atom stereocenters. The molecule has 1 heterocycles. The first-order chi connectivity index (χ1) is 12.9. The third-order valence-electron chi connectivity index (χ3n) is 4.13. The number of aromatic nitrogens is 1. The van der Waals surface area contributed by atoms with Crippen LogP contribution in [0.4, 0.5) is 11.4 Å². The molecular weight excluding hydrogens is 338 g/mol. The lowest BCUT2D eigenvalue weighted by atomic mass is 10.1. The lowest BCUT2D eigenvalue weighted by molar-refractivity contribution is 0.102. The maximum Gasteiger partial charge on any atom is 0.274 e. The molecule has 136 valence electrons. The lowest BCUT2D eigenvalue weighted by Gasteiger charge is -2.10. The van der Waals surface area contributed by atoms with Crippen molar-refractivity contribution in [2.24, 2.45) is 0 Å². The summed E-state index contributed by atoms with van der Waals surface area (Å²) in [6.45, 7) is 5.86. The van der Waals surface area contributed by atoms with Gasteiger partial charge in [0.05, 0.1) is 0 Å². The molecule has 5 nitrogen and oxygen atoms in total. The van der Waals surface area contributed by atoms with Gasteiger partial charge < -0.3 is 10.6 Å². The molecule has 2 amide bonds. The second kappa shape index (κ2) is 7.83. The Kier molecular flexibility index (Phi) is 5.31. The van der Waals surface area contributed by atoms with Crippen LogP contribution >= 0.6 is 0 Å². The van der Waals surface area contributed by atoms with E-state index in [1.54, 1.807) is 6.07 Å². The van der Waals surface area contributed by atoms with Gasteiger partial charge in [-0.05, 0) is 67.8 Å².